The second-order valence-corrected chi connectivity index (χ2v) is 4.28. The number of anilines is 1. The van der Waals surface area contributed by atoms with Crippen molar-refractivity contribution in [2.24, 2.45) is 0 Å². The van der Waals surface area contributed by atoms with Crippen LogP contribution < -0.4 is 5.32 Å². The van der Waals surface area contributed by atoms with Crippen LogP contribution in [0.3, 0.4) is 0 Å². The lowest BCUT2D eigenvalue weighted by Gasteiger charge is -2.09. The summed E-state index contributed by atoms with van der Waals surface area (Å²) in [7, 11) is 1.31. The minimum Gasteiger partial charge on any atom is -0.465 e. The van der Waals surface area contributed by atoms with E-state index in [-0.39, 0.29) is 5.91 Å². The van der Waals surface area contributed by atoms with Crippen molar-refractivity contribution < 1.29 is 14.3 Å². The lowest BCUT2D eigenvalue weighted by molar-refractivity contribution is -0.116. The Kier molecular flexibility index (Phi) is 4.55. The first-order chi connectivity index (χ1) is 9.70. The molecule has 0 atom stereocenters. The summed E-state index contributed by atoms with van der Waals surface area (Å²) < 4.78 is 4.68. The summed E-state index contributed by atoms with van der Waals surface area (Å²) in [4.78, 5) is 26.5. The van der Waals surface area contributed by atoms with Crippen molar-refractivity contribution in [3.05, 3.63) is 53.9 Å². The van der Waals surface area contributed by atoms with Gasteiger partial charge < -0.3 is 15.0 Å². The van der Waals surface area contributed by atoms with E-state index >= 15 is 0 Å². The number of benzene rings is 1. The number of esters is 1. The molecule has 0 aliphatic rings. The van der Waals surface area contributed by atoms with Crippen LogP contribution in [0, 0.1) is 0 Å². The number of amides is 1. The molecule has 0 saturated heterocycles. The average molecular weight is 272 g/mol. The predicted octanol–water partition coefficient (Wildman–Crippen LogP) is 2.37. The van der Waals surface area contributed by atoms with Crippen molar-refractivity contribution in [3.63, 3.8) is 0 Å². The van der Waals surface area contributed by atoms with Crippen molar-refractivity contribution in [2.75, 3.05) is 12.4 Å². The molecule has 2 N–H and O–H groups in total. The highest BCUT2D eigenvalue weighted by Gasteiger charge is 2.13. The number of aromatic amines is 1. The summed E-state index contributed by atoms with van der Waals surface area (Å²) in [6, 6.07) is 10.6. The number of aryl methyl sites for hydroxylation is 1. The number of hydrogen-bond donors (Lipinski definition) is 2. The number of carbonyl (C=O) groups is 2. The zero-order valence-corrected chi connectivity index (χ0v) is 11.2. The summed E-state index contributed by atoms with van der Waals surface area (Å²) >= 11 is 0. The quantitative estimate of drug-likeness (QED) is 0.821. The van der Waals surface area contributed by atoms with E-state index in [1.165, 1.54) is 7.11 Å². The number of para-hydroxylation sites is 1. The number of aromatic nitrogens is 1. The lowest BCUT2D eigenvalue weighted by atomic mass is 10.1. The molecule has 0 bridgehead atoms. The minimum absolute atomic E-state index is 0.143. The molecule has 5 nitrogen and oxygen atoms in total. The third-order valence-electron chi connectivity index (χ3n) is 2.89. The Hall–Kier alpha value is -2.56. The molecule has 0 saturated carbocycles. The van der Waals surface area contributed by atoms with Crippen LogP contribution >= 0.6 is 0 Å². The smallest absolute Gasteiger partial charge is 0.339 e. The summed E-state index contributed by atoms with van der Waals surface area (Å²) in [6.07, 6.45) is 2.79. The molecule has 0 radical (unpaired) electrons. The van der Waals surface area contributed by atoms with Crippen LogP contribution in [-0.2, 0) is 16.0 Å². The van der Waals surface area contributed by atoms with E-state index in [0.29, 0.717) is 24.1 Å². The maximum atomic E-state index is 11.9. The van der Waals surface area contributed by atoms with Crippen molar-refractivity contribution >= 4 is 17.6 Å². The van der Waals surface area contributed by atoms with Gasteiger partial charge in [-0.2, -0.15) is 0 Å². The highest BCUT2D eigenvalue weighted by molar-refractivity contribution is 6.01. The number of methoxy groups -OCH3 is 1. The molecule has 1 aromatic heterocycles. The average Bonchev–Trinajstić information content (AvgIpc) is 2.98. The van der Waals surface area contributed by atoms with E-state index in [1.54, 1.807) is 24.3 Å². The highest BCUT2D eigenvalue weighted by atomic mass is 16.5. The third kappa shape index (κ3) is 3.47. The van der Waals surface area contributed by atoms with Crippen LogP contribution in [0.2, 0.25) is 0 Å². The van der Waals surface area contributed by atoms with Crippen molar-refractivity contribution in [1.82, 2.24) is 4.98 Å². The van der Waals surface area contributed by atoms with Gasteiger partial charge in [-0.05, 0) is 30.7 Å². The lowest BCUT2D eigenvalue weighted by Crippen LogP contribution is -2.15. The number of rotatable bonds is 5. The monoisotopic (exact) mass is 272 g/mol. The zero-order chi connectivity index (χ0) is 14.4. The molecule has 2 aromatic rings. The largest absolute Gasteiger partial charge is 0.465 e. The van der Waals surface area contributed by atoms with Crippen LogP contribution in [0.25, 0.3) is 0 Å². The highest BCUT2D eigenvalue weighted by Crippen LogP contribution is 2.16. The molecule has 0 aliphatic carbocycles. The molecule has 0 aliphatic heterocycles. The minimum atomic E-state index is -0.467. The summed E-state index contributed by atoms with van der Waals surface area (Å²) in [5.41, 5.74) is 1.82. The van der Waals surface area contributed by atoms with Gasteiger partial charge in [-0.15, -0.1) is 0 Å². The van der Waals surface area contributed by atoms with E-state index in [2.05, 4.69) is 15.0 Å². The van der Waals surface area contributed by atoms with Crippen molar-refractivity contribution in [2.45, 2.75) is 12.8 Å². The second-order valence-electron chi connectivity index (χ2n) is 4.28. The Labute approximate surface area is 117 Å². The predicted molar refractivity (Wildman–Crippen MR) is 75.5 cm³/mol. The van der Waals surface area contributed by atoms with Gasteiger partial charge in [0.05, 0.1) is 18.4 Å². The number of nitrogens with one attached hydrogen (secondary N) is 2. The molecular formula is C15H16N2O3. The molecule has 0 fully saturated rings. The summed E-state index contributed by atoms with van der Waals surface area (Å²) in [5.74, 6) is -0.610. The van der Waals surface area contributed by atoms with Gasteiger partial charge in [-0.1, -0.05) is 12.1 Å². The van der Waals surface area contributed by atoms with Gasteiger partial charge in [0.15, 0.2) is 0 Å². The fourth-order valence-electron chi connectivity index (χ4n) is 1.86. The first-order valence-corrected chi connectivity index (χ1v) is 6.30. The molecule has 104 valence electrons. The molecule has 5 heteroatoms. The third-order valence-corrected chi connectivity index (χ3v) is 2.89. The van der Waals surface area contributed by atoms with Gasteiger partial charge in [-0.3, -0.25) is 4.79 Å². The van der Waals surface area contributed by atoms with E-state index < -0.39 is 5.97 Å². The van der Waals surface area contributed by atoms with Crippen LogP contribution in [0.5, 0.6) is 0 Å². The Morgan fingerprint density at radius 3 is 2.70 bits per heavy atom. The van der Waals surface area contributed by atoms with Gasteiger partial charge in [0.25, 0.3) is 0 Å². The Balaban J connectivity index is 1.99. The van der Waals surface area contributed by atoms with Gasteiger partial charge >= 0.3 is 5.97 Å². The molecule has 1 aromatic carbocycles. The van der Waals surface area contributed by atoms with E-state index in [0.717, 1.165) is 5.69 Å². The number of carbonyl (C=O) groups excluding carboxylic acids is 2. The van der Waals surface area contributed by atoms with Crippen LogP contribution in [0.4, 0.5) is 5.69 Å². The zero-order valence-electron chi connectivity index (χ0n) is 11.2. The summed E-state index contributed by atoms with van der Waals surface area (Å²) in [5, 5.41) is 2.73. The van der Waals surface area contributed by atoms with Gasteiger partial charge in [0, 0.05) is 18.3 Å². The maximum absolute atomic E-state index is 11.9. The molecule has 0 spiro atoms. The standard InChI is InChI=1S/C15H16N2O3/c1-20-15(19)12-6-2-3-7-13(12)17-14(18)9-8-11-5-4-10-16-11/h2-7,10,16H,8-9H2,1H3,(H,17,18). The van der Waals surface area contributed by atoms with Crippen molar-refractivity contribution in [1.29, 1.82) is 0 Å². The Bertz CT molecular complexity index is 591. The fourth-order valence-corrected chi connectivity index (χ4v) is 1.86. The first-order valence-electron chi connectivity index (χ1n) is 6.30. The van der Waals surface area contributed by atoms with E-state index in [4.69, 9.17) is 0 Å². The molecular weight excluding hydrogens is 256 g/mol. The number of H-pyrrole nitrogens is 1. The van der Waals surface area contributed by atoms with Crippen LogP contribution in [-0.4, -0.2) is 24.0 Å². The second kappa shape index (κ2) is 6.56. The van der Waals surface area contributed by atoms with Gasteiger partial charge in [0.1, 0.15) is 0 Å². The molecule has 1 amide bonds. The number of hydrogen-bond acceptors (Lipinski definition) is 3. The Morgan fingerprint density at radius 2 is 2.00 bits per heavy atom. The fraction of sp³-hybridized carbons (Fsp3) is 0.200. The topological polar surface area (TPSA) is 71.2 Å². The van der Waals surface area contributed by atoms with Crippen LogP contribution in [0.15, 0.2) is 42.6 Å². The van der Waals surface area contributed by atoms with Gasteiger partial charge in [-0.25, -0.2) is 4.79 Å². The van der Waals surface area contributed by atoms with E-state index in [9.17, 15) is 9.59 Å². The maximum Gasteiger partial charge on any atom is 0.339 e. The molecule has 0 unspecified atom stereocenters. The molecule has 20 heavy (non-hydrogen) atoms. The summed E-state index contributed by atoms with van der Waals surface area (Å²) in [6.45, 7) is 0. The normalized spacial score (nSPS) is 10.1. The first kappa shape index (κ1) is 13.9. The number of ether oxygens (including phenoxy) is 1. The van der Waals surface area contributed by atoms with Crippen LogP contribution in [0.1, 0.15) is 22.5 Å². The SMILES string of the molecule is COC(=O)c1ccccc1NC(=O)CCc1ccc[nH]1. The van der Waals surface area contributed by atoms with Gasteiger partial charge in [0.2, 0.25) is 5.91 Å². The molecule has 2 rings (SSSR count). The molecule has 1 heterocycles. The van der Waals surface area contributed by atoms with E-state index in [1.807, 2.05) is 18.3 Å². The van der Waals surface area contributed by atoms with Crippen molar-refractivity contribution in [3.8, 4) is 0 Å². The Morgan fingerprint density at radius 1 is 1.20 bits per heavy atom.